The summed E-state index contributed by atoms with van der Waals surface area (Å²) in [7, 11) is 0. The second-order valence-corrected chi connectivity index (χ2v) is 13.5. The van der Waals surface area contributed by atoms with E-state index in [1.54, 1.807) is 0 Å². The molecular formula is C31H60O4. The molecule has 0 rings (SSSR count). The Bertz CT molecular complexity index is 539. The lowest BCUT2D eigenvalue weighted by atomic mass is 9.71. The van der Waals surface area contributed by atoms with Gasteiger partial charge in [0.1, 0.15) is 0 Å². The molecule has 0 saturated carbocycles. The Balaban J connectivity index is 3.61. The molecule has 0 aliphatic rings. The topological polar surface area (TPSA) is 74.6 Å². The number of aliphatic carboxylic acids is 2. The molecule has 208 valence electrons. The molecule has 0 fully saturated rings. The molecule has 0 radical (unpaired) electrons. The van der Waals surface area contributed by atoms with E-state index in [0.717, 1.165) is 12.8 Å². The number of hydrogen-bond acceptors (Lipinski definition) is 2. The van der Waals surface area contributed by atoms with E-state index >= 15 is 0 Å². The molecule has 0 amide bonds. The highest BCUT2D eigenvalue weighted by molar-refractivity contribution is 5.98. The summed E-state index contributed by atoms with van der Waals surface area (Å²) in [5, 5.41) is 19.3. The van der Waals surface area contributed by atoms with E-state index in [-0.39, 0.29) is 18.3 Å². The van der Waals surface area contributed by atoms with Crippen molar-refractivity contribution in [2.45, 2.75) is 170 Å². The van der Waals surface area contributed by atoms with Crippen molar-refractivity contribution in [1.29, 1.82) is 0 Å². The zero-order valence-electron chi connectivity index (χ0n) is 24.4. The Morgan fingerprint density at radius 2 is 0.686 bits per heavy atom. The highest BCUT2D eigenvalue weighted by Gasteiger charge is 2.48. The van der Waals surface area contributed by atoms with Gasteiger partial charge < -0.3 is 10.2 Å². The van der Waals surface area contributed by atoms with Crippen molar-refractivity contribution in [3.8, 4) is 0 Å². The van der Waals surface area contributed by atoms with Gasteiger partial charge in [-0.1, -0.05) is 151 Å². The summed E-state index contributed by atoms with van der Waals surface area (Å²) in [6, 6.07) is 0. The molecule has 0 heterocycles. The van der Waals surface area contributed by atoms with Gasteiger partial charge in [-0.3, -0.25) is 9.59 Å². The summed E-state index contributed by atoms with van der Waals surface area (Å²) in [6.07, 6.45) is 23.3. The van der Waals surface area contributed by atoms with Gasteiger partial charge in [-0.05, 0) is 30.1 Å². The predicted octanol–water partition coefficient (Wildman–Crippen LogP) is 10.0. The number of carboxylic acid groups (broad SMARTS) is 2. The molecular weight excluding hydrogens is 436 g/mol. The van der Waals surface area contributed by atoms with Crippen LogP contribution in [-0.4, -0.2) is 22.2 Å². The van der Waals surface area contributed by atoms with E-state index in [0.29, 0.717) is 11.8 Å². The normalized spacial score (nSPS) is 12.7. The van der Waals surface area contributed by atoms with Crippen LogP contribution in [0.5, 0.6) is 0 Å². The van der Waals surface area contributed by atoms with Crippen LogP contribution in [0.15, 0.2) is 0 Å². The zero-order valence-corrected chi connectivity index (χ0v) is 24.4. The van der Waals surface area contributed by atoms with Gasteiger partial charge in [0.25, 0.3) is 0 Å². The standard InChI is InChI=1S/C31H60O4/c1-29(2,3)24-22-20-18-16-14-12-10-8-7-9-11-13-15-17-19-21-23-25-31(27(32)33,28(34)35)26-30(4,5)6/h7-26H2,1-6H3,(H,32,33)(H,34,35). The molecule has 35 heavy (non-hydrogen) atoms. The van der Waals surface area contributed by atoms with Crippen molar-refractivity contribution in [3.05, 3.63) is 0 Å². The average Bonchev–Trinajstić information content (AvgIpc) is 2.72. The Morgan fingerprint density at radius 1 is 0.429 bits per heavy atom. The summed E-state index contributed by atoms with van der Waals surface area (Å²) in [6.45, 7) is 12.7. The predicted molar refractivity (Wildman–Crippen MR) is 149 cm³/mol. The lowest BCUT2D eigenvalue weighted by molar-refractivity contribution is -0.168. The summed E-state index contributed by atoms with van der Waals surface area (Å²) in [4.78, 5) is 23.6. The van der Waals surface area contributed by atoms with Gasteiger partial charge in [-0.25, -0.2) is 0 Å². The van der Waals surface area contributed by atoms with Crippen LogP contribution < -0.4 is 0 Å². The highest BCUT2D eigenvalue weighted by Crippen LogP contribution is 2.39. The fourth-order valence-corrected chi connectivity index (χ4v) is 5.18. The van der Waals surface area contributed by atoms with Gasteiger partial charge in [-0.2, -0.15) is 0 Å². The van der Waals surface area contributed by atoms with Crippen LogP contribution in [-0.2, 0) is 9.59 Å². The molecule has 0 aromatic carbocycles. The monoisotopic (exact) mass is 496 g/mol. The van der Waals surface area contributed by atoms with Crippen LogP contribution in [0.2, 0.25) is 0 Å². The number of hydrogen-bond donors (Lipinski definition) is 2. The minimum Gasteiger partial charge on any atom is -0.480 e. The molecule has 2 N–H and O–H groups in total. The van der Waals surface area contributed by atoms with E-state index < -0.39 is 17.4 Å². The molecule has 0 bridgehead atoms. The van der Waals surface area contributed by atoms with Gasteiger partial charge >= 0.3 is 11.9 Å². The maximum Gasteiger partial charge on any atom is 0.321 e. The maximum absolute atomic E-state index is 11.8. The second-order valence-electron chi connectivity index (χ2n) is 13.5. The highest BCUT2D eigenvalue weighted by atomic mass is 16.4. The van der Waals surface area contributed by atoms with E-state index in [9.17, 15) is 19.8 Å². The van der Waals surface area contributed by atoms with Crippen LogP contribution in [0, 0.1) is 16.2 Å². The summed E-state index contributed by atoms with van der Waals surface area (Å²) in [5.74, 6) is -2.38. The van der Waals surface area contributed by atoms with Crippen molar-refractivity contribution in [1.82, 2.24) is 0 Å². The van der Waals surface area contributed by atoms with Crippen LogP contribution in [0.3, 0.4) is 0 Å². The minimum atomic E-state index is -1.65. The van der Waals surface area contributed by atoms with E-state index in [4.69, 9.17) is 0 Å². The van der Waals surface area contributed by atoms with Gasteiger partial charge in [0.05, 0.1) is 0 Å². The Labute approximate surface area is 218 Å². The molecule has 0 unspecified atom stereocenters. The van der Waals surface area contributed by atoms with Crippen LogP contribution in [0.1, 0.15) is 170 Å². The largest absolute Gasteiger partial charge is 0.480 e. The minimum absolute atomic E-state index is 0.169. The summed E-state index contributed by atoms with van der Waals surface area (Å²) >= 11 is 0. The van der Waals surface area contributed by atoms with Gasteiger partial charge in [-0.15, -0.1) is 0 Å². The molecule has 0 aliphatic heterocycles. The lowest BCUT2D eigenvalue weighted by Gasteiger charge is -2.31. The maximum atomic E-state index is 11.8. The van der Waals surface area contributed by atoms with Gasteiger partial charge in [0.15, 0.2) is 5.41 Å². The van der Waals surface area contributed by atoms with Gasteiger partial charge in [0.2, 0.25) is 0 Å². The van der Waals surface area contributed by atoms with Crippen molar-refractivity contribution >= 4 is 11.9 Å². The number of rotatable bonds is 22. The fraction of sp³-hybridized carbons (Fsp3) is 0.935. The Kier molecular flexibility index (Phi) is 17.7. The van der Waals surface area contributed by atoms with E-state index in [1.807, 2.05) is 20.8 Å². The summed E-state index contributed by atoms with van der Waals surface area (Å²) in [5.41, 5.74) is -1.49. The molecule has 0 aromatic rings. The molecule has 4 heteroatoms. The van der Waals surface area contributed by atoms with E-state index in [1.165, 1.54) is 96.3 Å². The molecule has 4 nitrogen and oxygen atoms in total. The Hall–Kier alpha value is -1.06. The first-order valence-corrected chi connectivity index (χ1v) is 14.8. The van der Waals surface area contributed by atoms with Crippen LogP contribution >= 0.6 is 0 Å². The lowest BCUT2D eigenvalue weighted by Crippen LogP contribution is -2.42. The molecule has 0 spiro atoms. The third-order valence-electron chi connectivity index (χ3n) is 7.18. The van der Waals surface area contributed by atoms with Crippen molar-refractivity contribution in [2.75, 3.05) is 0 Å². The number of carbonyl (C=O) groups is 2. The Morgan fingerprint density at radius 3 is 0.914 bits per heavy atom. The van der Waals surface area contributed by atoms with Crippen LogP contribution in [0.4, 0.5) is 0 Å². The molecule has 0 atom stereocenters. The quantitative estimate of drug-likeness (QED) is 0.115. The average molecular weight is 497 g/mol. The third-order valence-corrected chi connectivity index (χ3v) is 7.18. The van der Waals surface area contributed by atoms with Crippen molar-refractivity contribution in [3.63, 3.8) is 0 Å². The number of carboxylic acids is 2. The van der Waals surface area contributed by atoms with E-state index in [2.05, 4.69) is 20.8 Å². The third kappa shape index (κ3) is 18.8. The van der Waals surface area contributed by atoms with Gasteiger partial charge in [0, 0.05) is 0 Å². The van der Waals surface area contributed by atoms with Crippen molar-refractivity contribution in [2.24, 2.45) is 16.2 Å². The molecule has 0 saturated heterocycles. The molecule has 0 aliphatic carbocycles. The smallest absolute Gasteiger partial charge is 0.321 e. The first-order valence-electron chi connectivity index (χ1n) is 14.8. The first-order chi connectivity index (χ1) is 16.3. The fourth-order valence-electron chi connectivity index (χ4n) is 5.18. The number of unbranched alkanes of at least 4 members (excludes halogenated alkanes) is 16. The second kappa shape index (κ2) is 18.2. The van der Waals surface area contributed by atoms with Crippen LogP contribution in [0.25, 0.3) is 0 Å². The summed E-state index contributed by atoms with van der Waals surface area (Å²) < 4.78 is 0. The van der Waals surface area contributed by atoms with Crippen molar-refractivity contribution < 1.29 is 19.8 Å². The first kappa shape index (κ1) is 33.9. The zero-order chi connectivity index (χ0) is 26.8. The molecule has 0 aromatic heterocycles. The SMILES string of the molecule is CC(C)(C)CCCCCCCCCCCCCCCCCCCC(CC(C)(C)C)(C(=O)O)C(=O)O.